The van der Waals surface area contributed by atoms with Gasteiger partial charge in [-0.1, -0.05) is 6.92 Å². The number of carboxylic acids is 1. The molecule has 0 aromatic heterocycles. The van der Waals surface area contributed by atoms with Gasteiger partial charge >= 0.3 is 5.97 Å². The van der Waals surface area contributed by atoms with Gasteiger partial charge in [0.2, 0.25) is 0 Å². The van der Waals surface area contributed by atoms with Gasteiger partial charge in [-0.05, 0) is 38.5 Å². The topological polar surface area (TPSA) is 40.5 Å². The number of hydrogen-bond acceptors (Lipinski definition) is 2. The summed E-state index contributed by atoms with van der Waals surface area (Å²) in [5.41, 5.74) is -0.625. The molecule has 2 fully saturated rings. The molecule has 1 N–H and O–H groups in total. The van der Waals surface area contributed by atoms with E-state index in [1.165, 1.54) is 19.3 Å². The highest BCUT2D eigenvalue weighted by molar-refractivity contribution is 5.78. The Morgan fingerprint density at radius 1 is 1.57 bits per heavy atom. The SMILES string of the molecule is CCC(C)(C(=O)O)N1CC2CCC1C2. The molecule has 80 valence electrons. The lowest BCUT2D eigenvalue weighted by Gasteiger charge is -2.40. The molecule has 0 amide bonds. The van der Waals surface area contributed by atoms with Crippen LogP contribution in [0.4, 0.5) is 0 Å². The van der Waals surface area contributed by atoms with Crippen LogP contribution in [0.5, 0.6) is 0 Å². The average molecular weight is 197 g/mol. The predicted molar refractivity (Wildman–Crippen MR) is 54.2 cm³/mol. The average Bonchev–Trinajstić information content (AvgIpc) is 2.77. The van der Waals surface area contributed by atoms with Crippen LogP contribution in [-0.2, 0) is 4.79 Å². The fourth-order valence-electron chi connectivity index (χ4n) is 3.01. The molecule has 2 bridgehead atoms. The van der Waals surface area contributed by atoms with Crippen LogP contribution in [0, 0.1) is 5.92 Å². The lowest BCUT2D eigenvalue weighted by Crippen LogP contribution is -2.55. The Morgan fingerprint density at radius 2 is 2.29 bits per heavy atom. The van der Waals surface area contributed by atoms with E-state index in [0.717, 1.165) is 12.5 Å². The van der Waals surface area contributed by atoms with Crippen molar-refractivity contribution in [3.05, 3.63) is 0 Å². The molecule has 0 aromatic rings. The fourth-order valence-corrected chi connectivity index (χ4v) is 3.01. The van der Waals surface area contributed by atoms with Crippen molar-refractivity contribution in [3.63, 3.8) is 0 Å². The van der Waals surface area contributed by atoms with Crippen LogP contribution in [0.3, 0.4) is 0 Å². The van der Waals surface area contributed by atoms with E-state index >= 15 is 0 Å². The maximum atomic E-state index is 11.3. The zero-order valence-electron chi connectivity index (χ0n) is 8.99. The molecule has 1 heterocycles. The van der Waals surface area contributed by atoms with Crippen LogP contribution in [0.2, 0.25) is 0 Å². The minimum absolute atomic E-state index is 0.543. The summed E-state index contributed by atoms with van der Waals surface area (Å²) in [4.78, 5) is 13.5. The molecule has 1 aliphatic heterocycles. The first-order chi connectivity index (χ1) is 6.58. The minimum atomic E-state index is -0.660. The van der Waals surface area contributed by atoms with E-state index in [-0.39, 0.29) is 0 Å². The third-order valence-corrected chi connectivity index (χ3v) is 4.19. The predicted octanol–water partition coefficient (Wildman–Crippen LogP) is 1.72. The van der Waals surface area contributed by atoms with Crippen LogP contribution in [0.25, 0.3) is 0 Å². The number of fused-ring (bicyclic) bond motifs is 2. The van der Waals surface area contributed by atoms with Crippen molar-refractivity contribution < 1.29 is 9.90 Å². The summed E-state index contributed by atoms with van der Waals surface area (Å²) in [6, 6.07) is 0.543. The fraction of sp³-hybridized carbons (Fsp3) is 0.909. The lowest BCUT2D eigenvalue weighted by atomic mass is 9.94. The summed E-state index contributed by atoms with van der Waals surface area (Å²) in [6.45, 7) is 4.84. The quantitative estimate of drug-likeness (QED) is 0.749. The van der Waals surface area contributed by atoms with E-state index in [1.54, 1.807) is 0 Å². The second-order valence-corrected chi connectivity index (χ2v) is 4.92. The Balaban J connectivity index is 2.17. The van der Waals surface area contributed by atoms with Gasteiger partial charge in [-0.15, -0.1) is 0 Å². The van der Waals surface area contributed by atoms with Gasteiger partial charge in [0.1, 0.15) is 5.54 Å². The molecule has 0 spiro atoms. The Hall–Kier alpha value is -0.570. The molecule has 3 nitrogen and oxygen atoms in total. The zero-order valence-corrected chi connectivity index (χ0v) is 8.99. The molecule has 0 radical (unpaired) electrons. The van der Waals surface area contributed by atoms with E-state index in [9.17, 15) is 9.90 Å². The van der Waals surface area contributed by atoms with Gasteiger partial charge < -0.3 is 5.11 Å². The number of hydrogen-bond donors (Lipinski definition) is 1. The third-order valence-electron chi connectivity index (χ3n) is 4.19. The molecule has 3 unspecified atom stereocenters. The number of carbonyl (C=O) groups is 1. The molecular formula is C11H19NO2. The Kier molecular flexibility index (Phi) is 2.30. The second kappa shape index (κ2) is 3.23. The van der Waals surface area contributed by atoms with E-state index in [0.29, 0.717) is 12.5 Å². The monoisotopic (exact) mass is 197 g/mol. The largest absolute Gasteiger partial charge is 0.480 e. The van der Waals surface area contributed by atoms with Crippen LogP contribution in [0.15, 0.2) is 0 Å². The van der Waals surface area contributed by atoms with Crippen LogP contribution >= 0.6 is 0 Å². The molecule has 3 atom stereocenters. The number of rotatable bonds is 3. The Bertz CT molecular complexity index is 254. The second-order valence-electron chi connectivity index (χ2n) is 4.92. The first-order valence-electron chi connectivity index (χ1n) is 5.58. The number of aliphatic carboxylic acids is 1. The zero-order chi connectivity index (χ0) is 10.3. The number of piperidine rings is 1. The minimum Gasteiger partial charge on any atom is -0.480 e. The van der Waals surface area contributed by atoms with Gasteiger partial charge in [0, 0.05) is 12.6 Å². The molecule has 3 heteroatoms. The molecular weight excluding hydrogens is 178 g/mol. The standard InChI is InChI=1S/C11H19NO2/c1-3-11(2,10(13)14)12-7-8-4-5-9(12)6-8/h8-9H,3-7H2,1-2H3,(H,13,14). The van der Waals surface area contributed by atoms with Crippen molar-refractivity contribution in [2.45, 2.75) is 51.1 Å². The normalized spacial score (nSPS) is 35.9. The molecule has 2 rings (SSSR count). The van der Waals surface area contributed by atoms with Gasteiger partial charge in [-0.3, -0.25) is 9.69 Å². The van der Waals surface area contributed by atoms with Crippen molar-refractivity contribution in [1.82, 2.24) is 4.90 Å². The van der Waals surface area contributed by atoms with E-state index in [2.05, 4.69) is 4.90 Å². The van der Waals surface area contributed by atoms with Crippen LogP contribution < -0.4 is 0 Å². The van der Waals surface area contributed by atoms with Gasteiger partial charge in [0.15, 0.2) is 0 Å². The lowest BCUT2D eigenvalue weighted by molar-refractivity contribution is -0.152. The summed E-state index contributed by atoms with van der Waals surface area (Å²) in [5.74, 6) is 0.109. The van der Waals surface area contributed by atoms with Crippen molar-refractivity contribution in [3.8, 4) is 0 Å². The number of likely N-dealkylation sites (tertiary alicyclic amines) is 1. The first-order valence-corrected chi connectivity index (χ1v) is 5.58. The summed E-state index contributed by atoms with van der Waals surface area (Å²) < 4.78 is 0. The van der Waals surface area contributed by atoms with Crippen LogP contribution in [-0.4, -0.2) is 34.1 Å². The van der Waals surface area contributed by atoms with Crippen molar-refractivity contribution >= 4 is 5.97 Å². The maximum Gasteiger partial charge on any atom is 0.323 e. The molecule has 1 saturated heterocycles. The highest BCUT2D eigenvalue weighted by Crippen LogP contribution is 2.42. The summed E-state index contributed by atoms with van der Waals surface area (Å²) in [5, 5.41) is 9.28. The van der Waals surface area contributed by atoms with Gasteiger partial charge in [0.05, 0.1) is 0 Å². The smallest absolute Gasteiger partial charge is 0.323 e. The molecule has 14 heavy (non-hydrogen) atoms. The van der Waals surface area contributed by atoms with E-state index in [4.69, 9.17) is 0 Å². The molecule has 0 aromatic carbocycles. The van der Waals surface area contributed by atoms with Crippen molar-refractivity contribution in [2.75, 3.05) is 6.54 Å². The van der Waals surface area contributed by atoms with Gasteiger partial charge in [-0.25, -0.2) is 0 Å². The van der Waals surface area contributed by atoms with Crippen molar-refractivity contribution in [2.24, 2.45) is 5.92 Å². The third kappa shape index (κ3) is 1.26. The first kappa shape index (κ1) is 9.97. The molecule has 2 aliphatic rings. The Morgan fingerprint density at radius 3 is 2.64 bits per heavy atom. The highest BCUT2D eigenvalue weighted by Gasteiger charge is 2.48. The number of nitrogens with zero attached hydrogens (tertiary/aromatic N) is 1. The van der Waals surface area contributed by atoms with E-state index in [1.807, 2.05) is 13.8 Å². The molecule has 1 saturated carbocycles. The number of carboxylic acid groups (broad SMARTS) is 1. The van der Waals surface area contributed by atoms with Crippen LogP contribution in [0.1, 0.15) is 39.5 Å². The summed E-state index contributed by atoms with van der Waals surface area (Å²) in [7, 11) is 0. The van der Waals surface area contributed by atoms with Gasteiger partial charge in [0.25, 0.3) is 0 Å². The van der Waals surface area contributed by atoms with Gasteiger partial charge in [-0.2, -0.15) is 0 Å². The Labute approximate surface area is 85.1 Å². The summed E-state index contributed by atoms with van der Waals surface area (Å²) >= 11 is 0. The van der Waals surface area contributed by atoms with Crippen molar-refractivity contribution in [1.29, 1.82) is 0 Å². The summed E-state index contributed by atoms with van der Waals surface area (Å²) in [6.07, 6.45) is 4.43. The highest BCUT2D eigenvalue weighted by atomic mass is 16.4. The maximum absolute atomic E-state index is 11.3. The van der Waals surface area contributed by atoms with E-state index < -0.39 is 11.5 Å². The molecule has 1 aliphatic carbocycles.